The van der Waals surface area contributed by atoms with Gasteiger partial charge in [-0.2, -0.15) is 5.10 Å². The van der Waals surface area contributed by atoms with Crippen molar-refractivity contribution in [2.75, 3.05) is 26.8 Å². The van der Waals surface area contributed by atoms with Crippen molar-refractivity contribution in [2.24, 2.45) is 0 Å². The van der Waals surface area contributed by atoms with E-state index < -0.39 is 6.10 Å². The van der Waals surface area contributed by atoms with Crippen LogP contribution in [0.1, 0.15) is 23.3 Å². The molecule has 1 amide bonds. The van der Waals surface area contributed by atoms with Crippen molar-refractivity contribution in [1.82, 2.24) is 14.7 Å². The Bertz CT molecular complexity index is 529. The van der Waals surface area contributed by atoms with E-state index in [1.54, 1.807) is 4.90 Å². The SMILES string of the molecule is COCCn1nc(C(=O)N2CCCC(O)C2)ccc1=O. The Morgan fingerprint density at radius 2 is 2.35 bits per heavy atom. The van der Waals surface area contributed by atoms with Gasteiger partial charge in [-0.15, -0.1) is 0 Å². The number of β-amino-alcohol motifs (C(OH)–C–C–N with tert-alkyl or cyclic N) is 1. The van der Waals surface area contributed by atoms with Gasteiger partial charge < -0.3 is 14.7 Å². The molecule has 1 saturated heterocycles. The zero-order valence-corrected chi connectivity index (χ0v) is 11.5. The number of rotatable bonds is 4. The lowest BCUT2D eigenvalue weighted by atomic mass is 10.1. The third kappa shape index (κ3) is 3.43. The van der Waals surface area contributed by atoms with Gasteiger partial charge in [-0.1, -0.05) is 0 Å². The van der Waals surface area contributed by atoms with Crippen LogP contribution in [0.2, 0.25) is 0 Å². The summed E-state index contributed by atoms with van der Waals surface area (Å²) in [5, 5.41) is 13.7. The molecule has 1 aromatic heterocycles. The van der Waals surface area contributed by atoms with Crippen LogP contribution in [0, 0.1) is 0 Å². The molecule has 7 nitrogen and oxygen atoms in total. The molecule has 1 fully saturated rings. The zero-order valence-electron chi connectivity index (χ0n) is 11.5. The summed E-state index contributed by atoms with van der Waals surface area (Å²) >= 11 is 0. The predicted molar refractivity (Wildman–Crippen MR) is 71.5 cm³/mol. The molecule has 1 atom stereocenters. The maximum Gasteiger partial charge on any atom is 0.274 e. The topological polar surface area (TPSA) is 84.7 Å². The van der Waals surface area contributed by atoms with Gasteiger partial charge in [-0.25, -0.2) is 4.68 Å². The maximum atomic E-state index is 12.3. The monoisotopic (exact) mass is 281 g/mol. The van der Waals surface area contributed by atoms with Crippen molar-refractivity contribution in [1.29, 1.82) is 0 Å². The summed E-state index contributed by atoms with van der Waals surface area (Å²) in [6, 6.07) is 2.76. The first-order valence-electron chi connectivity index (χ1n) is 6.66. The van der Waals surface area contributed by atoms with Crippen molar-refractivity contribution >= 4 is 5.91 Å². The van der Waals surface area contributed by atoms with Gasteiger partial charge in [0.25, 0.3) is 11.5 Å². The maximum absolute atomic E-state index is 12.3. The Kier molecular flexibility index (Phi) is 4.86. The standard InChI is InChI=1S/C13H19N3O4/c1-20-8-7-16-12(18)5-4-11(14-16)13(19)15-6-2-3-10(17)9-15/h4-5,10,17H,2-3,6-9H2,1H3. The Labute approximate surface area is 116 Å². The van der Waals surface area contributed by atoms with Gasteiger partial charge in [0.05, 0.1) is 19.3 Å². The van der Waals surface area contributed by atoms with Crippen LogP contribution in [0.15, 0.2) is 16.9 Å². The van der Waals surface area contributed by atoms with E-state index in [4.69, 9.17) is 4.74 Å². The molecule has 110 valence electrons. The van der Waals surface area contributed by atoms with E-state index in [1.165, 1.54) is 23.9 Å². The molecular formula is C13H19N3O4. The highest BCUT2D eigenvalue weighted by molar-refractivity contribution is 5.92. The molecule has 1 unspecified atom stereocenters. The number of aliphatic hydroxyl groups excluding tert-OH is 1. The van der Waals surface area contributed by atoms with E-state index in [-0.39, 0.29) is 17.2 Å². The summed E-state index contributed by atoms with van der Waals surface area (Å²) in [6.07, 6.45) is 1.01. The first kappa shape index (κ1) is 14.7. The van der Waals surface area contributed by atoms with Crippen LogP contribution in [-0.4, -0.2) is 58.6 Å². The van der Waals surface area contributed by atoms with Crippen LogP contribution in [0.3, 0.4) is 0 Å². The highest BCUT2D eigenvalue weighted by Crippen LogP contribution is 2.12. The van der Waals surface area contributed by atoms with E-state index >= 15 is 0 Å². The van der Waals surface area contributed by atoms with Gasteiger partial charge in [0.2, 0.25) is 0 Å². The molecule has 0 spiro atoms. The van der Waals surface area contributed by atoms with E-state index in [9.17, 15) is 14.7 Å². The summed E-state index contributed by atoms with van der Waals surface area (Å²) < 4.78 is 6.12. The quantitative estimate of drug-likeness (QED) is 0.803. The Balaban J connectivity index is 2.15. The van der Waals surface area contributed by atoms with E-state index in [2.05, 4.69) is 5.10 Å². The van der Waals surface area contributed by atoms with Crippen molar-refractivity contribution in [3.05, 3.63) is 28.2 Å². The average molecular weight is 281 g/mol. The summed E-state index contributed by atoms with van der Waals surface area (Å²) in [7, 11) is 1.54. The molecule has 0 aliphatic carbocycles. The second-order valence-electron chi connectivity index (χ2n) is 4.82. The molecule has 1 aliphatic heterocycles. The largest absolute Gasteiger partial charge is 0.391 e. The van der Waals surface area contributed by atoms with E-state index in [0.29, 0.717) is 32.7 Å². The third-order valence-electron chi connectivity index (χ3n) is 3.28. The molecule has 1 aromatic rings. The van der Waals surface area contributed by atoms with Crippen LogP contribution >= 0.6 is 0 Å². The average Bonchev–Trinajstić information content (AvgIpc) is 2.45. The lowest BCUT2D eigenvalue weighted by Crippen LogP contribution is -2.43. The normalized spacial score (nSPS) is 19.1. The fraction of sp³-hybridized carbons (Fsp3) is 0.615. The molecule has 0 bridgehead atoms. The van der Waals surface area contributed by atoms with Crippen molar-refractivity contribution in [2.45, 2.75) is 25.5 Å². The number of ether oxygens (including phenoxy) is 1. The summed E-state index contributed by atoms with van der Waals surface area (Å²) in [5.74, 6) is -0.255. The minimum atomic E-state index is -0.480. The van der Waals surface area contributed by atoms with Crippen LogP contribution < -0.4 is 5.56 Å². The fourth-order valence-corrected chi connectivity index (χ4v) is 2.20. The van der Waals surface area contributed by atoms with Crippen LogP contribution in [0.4, 0.5) is 0 Å². The summed E-state index contributed by atoms with van der Waals surface area (Å²) in [6.45, 7) is 1.58. The van der Waals surface area contributed by atoms with Gasteiger partial charge in [0, 0.05) is 26.3 Å². The van der Waals surface area contributed by atoms with Crippen LogP contribution in [-0.2, 0) is 11.3 Å². The van der Waals surface area contributed by atoms with Gasteiger partial charge in [-0.3, -0.25) is 9.59 Å². The van der Waals surface area contributed by atoms with Gasteiger partial charge in [0.15, 0.2) is 0 Å². The lowest BCUT2D eigenvalue weighted by Gasteiger charge is -2.29. The number of aliphatic hydroxyl groups is 1. The number of aromatic nitrogens is 2. The highest BCUT2D eigenvalue weighted by atomic mass is 16.5. The molecule has 0 aromatic carbocycles. The number of amides is 1. The highest BCUT2D eigenvalue weighted by Gasteiger charge is 2.24. The molecule has 0 saturated carbocycles. The van der Waals surface area contributed by atoms with Crippen LogP contribution in [0.5, 0.6) is 0 Å². The molecule has 7 heteroatoms. The summed E-state index contributed by atoms with van der Waals surface area (Å²) in [4.78, 5) is 25.5. The molecular weight excluding hydrogens is 262 g/mol. The number of methoxy groups -OCH3 is 1. The van der Waals surface area contributed by atoms with Crippen molar-refractivity contribution < 1.29 is 14.6 Å². The fourth-order valence-electron chi connectivity index (χ4n) is 2.20. The lowest BCUT2D eigenvalue weighted by molar-refractivity contribution is 0.0466. The van der Waals surface area contributed by atoms with Gasteiger partial charge >= 0.3 is 0 Å². The number of hydrogen-bond acceptors (Lipinski definition) is 5. The minimum absolute atomic E-state index is 0.217. The number of piperidine rings is 1. The smallest absolute Gasteiger partial charge is 0.274 e. The Hall–Kier alpha value is -1.73. The predicted octanol–water partition coefficient (Wildman–Crippen LogP) is -0.513. The van der Waals surface area contributed by atoms with Crippen molar-refractivity contribution in [3.8, 4) is 0 Å². The molecule has 20 heavy (non-hydrogen) atoms. The first-order valence-corrected chi connectivity index (χ1v) is 6.66. The minimum Gasteiger partial charge on any atom is -0.391 e. The molecule has 0 radical (unpaired) electrons. The van der Waals surface area contributed by atoms with Gasteiger partial charge in [0.1, 0.15) is 5.69 Å². The number of carbonyl (C=O) groups excluding carboxylic acids is 1. The zero-order chi connectivity index (χ0) is 14.5. The van der Waals surface area contributed by atoms with E-state index in [0.717, 1.165) is 6.42 Å². The summed E-state index contributed by atoms with van der Waals surface area (Å²) in [5.41, 5.74) is -0.0490. The third-order valence-corrected chi connectivity index (χ3v) is 3.28. The molecule has 2 rings (SSSR count). The Morgan fingerprint density at radius 3 is 3.05 bits per heavy atom. The number of likely N-dealkylation sites (tertiary alicyclic amines) is 1. The second kappa shape index (κ2) is 6.62. The van der Waals surface area contributed by atoms with Gasteiger partial charge in [-0.05, 0) is 18.9 Å². The second-order valence-corrected chi connectivity index (χ2v) is 4.82. The Morgan fingerprint density at radius 1 is 1.55 bits per heavy atom. The van der Waals surface area contributed by atoms with Crippen LogP contribution in [0.25, 0.3) is 0 Å². The molecule has 1 aliphatic rings. The number of hydrogen-bond donors (Lipinski definition) is 1. The molecule has 2 heterocycles. The number of carbonyl (C=O) groups is 1. The molecule has 1 N–H and O–H groups in total. The first-order chi connectivity index (χ1) is 9.61. The van der Waals surface area contributed by atoms with E-state index in [1.807, 2.05) is 0 Å². The number of nitrogens with zero attached hydrogens (tertiary/aromatic N) is 3. The van der Waals surface area contributed by atoms with Crippen molar-refractivity contribution in [3.63, 3.8) is 0 Å².